The molecule has 31 heavy (non-hydrogen) atoms. The van der Waals surface area contributed by atoms with Crippen LogP contribution in [0.15, 0.2) is 59.0 Å². The number of aromatic carboxylic acids is 1. The van der Waals surface area contributed by atoms with Crippen molar-refractivity contribution < 1.29 is 23.9 Å². The predicted octanol–water partition coefficient (Wildman–Crippen LogP) is 4.32. The van der Waals surface area contributed by atoms with Gasteiger partial charge in [-0.25, -0.2) is 4.79 Å². The molecular formula is C24H22N2O5. The first-order valence-electron chi connectivity index (χ1n) is 10.1. The Morgan fingerprint density at radius 2 is 1.94 bits per heavy atom. The molecule has 3 aromatic rings. The highest BCUT2D eigenvalue weighted by Crippen LogP contribution is 2.35. The van der Waals surface area contributed by atoms with E-state index in [1.165, 1.54) is 23.1 Å². The van der Waals surface area contributed by atoms with Crippen LogP contribution in [0, 0.1) is 0 Å². The quantitative estimate of drug-likeness (QED) is 0.602. The van der Waals surface area contributed by atoms with Crippen molar-refractivity contribution in [1.29, 1.82) is 0 Å². The van der Waals surface area contributed by atoms with E-state index in [4.69, 9.17) is 4.42 Å². The molecule has 2 amide bonds. The molecule has 0 radical (unpaired) electrons. The predicted molar refractivity (Wildman–Crippen MR) is 118 cm³/mol. The van der Waals surface area contributed by atoms with Gasteiger partial charge in [0.05, 0.1) is 16.9 Å². The zero-order valence-electron chi connectivity index (χ0n) is 17.1. The van der Waals surface area contributed by atoms with Gasteiger partial charge in [-0.3, -0.25) is 14.5 Å². The van der Waals surface area contributed by atoms with Crippen molar-refractivity contribution in [2.45, 2.75) is 19.8 Å². The summed E-state index contributed by atoms with van der Waals surface area (Å²) >= 11 is 0. The summed E-state index contributed by atoms with van der Waals surface area (Å²) in [7, 11) is 0. The number of carboxylic acid groups (broad SMARTS) is 1. The van der Waals surface area contributed by atoms with Crippen molar-refractivity contribution in [2.24, 2.45) is 0 Å². The Balaban J connectivity index is 1.66. The van der Waals surface area contributed by atoms with Crippen LogP contribution in [-0.4, -0.2) is 36.0 Å². The maximum absolute atomic E-state index is 13.0. The van der Waals surface area contributed by atoms with Crippen LogP contribution in [-0.2, 0) is 9.59 Å². The zero-order chi connectivity index (χ0) is 22.0. The highest BCUT2D eigenvalue weighted by Gasteiger charge is 2.32. The number of anilines is 2. The fourth-order valence-electron chi connectivity index (χ4n) is 3.63. The van der Waals surface area contributed by atoms with E-state index in [1.54, 1.807) is 17.0 Å². The number of hydrogen-bond acceptors (Lipinski definition) is 4. The normalized spacial score (nSPS) is 13.8. The van der Waals surface area contributed by atoms with Crippen LogP contribution in [0.3, 0.4) is 0 Å². The third kappa shape index (κ3) is 4.07. The molecule has 7 heteroatoms. The third-order valence-corrected chi connectivity index (χ3v) is 5.23. The van der Waals surface area contributed by atoms with Gasteiger partial charge in [0.15, 0.2) is 0 Å². The van der Waals surface area contributed by atoms with Crippen molar-refractivity contribution in [1.82, 2.24) is 0 Å². The van der Waals surface area contributed by atoms with Crippen LogP contribution in [0.4, 0.5) is 11.4 Å². The number of carboxylic acids is 1. The molecule has 1 aliphatic heterocycles. The molecule has 0 spiro atoms. The second-order valence-corrected chi connectivity index (χ2v) is 7.35. The molecule has 0 saturated carbocycles. The number of hydrogen-bond donors (Lipinski definition) is 1. The molecule has 158 valence electrons. The summed E-state index contributed by atoms with van der Waals surface area (Å²) in [5.41, 5.74) is 1.73. The van der Waals surface area contributed by atoms with Crippen LogP contribution < -0.4 is 9.80 Å². The molecule has 1 aliphatic rings. The van der Waals surface area contributed by atoms with E-state index in [-0.39, 0.29) is 18.0 Å². The van der Waals surface area contributed by atoms with Crippen LogP contribution in [0.2, 0.25) is 0 Å². The second kappa shape index (κ2) is 8.47. The monoisotopic (exact) mass is 418 g/mol. The van der Waals surface area contributed by atoms with E-state index >= 15 is 0 Å². The van der Waals surface area contributed by atoms with Crippen LogP contribution in [0.5, 0.6) is 0 Å². The Hall–Kier alpha value is -3.87. The number of nitrogens with zero attached hydrogens (tertiary/aromatic N) is 2. The summed E-state index contributed by atoms with van der Waals surface area (Å²) in [6.07, 6.45) is 4.61. The number of amides is 2. The van der Waals surface area contributed by atoms with Crippen molar-refractivity contribution in [3.63, 3.8) is 0 Å². The fraction of sp³-hybridized carbons (Fsp3) is 0.208. The van der Waals surface area contributed by atoms with E-state index < -0.39 is 11.9 Å². The van der Waals surface area contributed by atoms with Gasteiger partial charge in [-0.15, -0.1) is 0 Å². The molecule has 0 atom stereocenters. The number of fused-ring (bicyclic) bond motifs is 2. The van der Waals surface area contributed by atoms with Crippen molar-refractivity contribution in [3.8, 4) is 0 Å². The third-order valence-electron chi connectivity index (χ3n) is 5.23. The molecule has 7 nitrogen and oxygen atoms in total. The fourth-order valence-corrected chi connectivity index (χ4v) is 3.63. The van der Waals surface area contributed by atoms with Gasteiger partial charge in [-0.2, -0.15) is 0 Å². The average Bonchev–Trinajstić information content (AvgIpc) is 3.19. The maximum Gasteiger partial charge on any atom is 0.335 e. The molecule has 0 aliphatic carbocycles. The first-order valence-corrected chi connectivity index (χ1v) is 10.1. The Morgan fingerprint density at radius 3 is 2.68 bits per heavy atom. The number of carbonyl (C=O) groups excluding carboxylic acids is 2. The van der Waals surface area contributed by atoms with Gasteiger partial charge in [-0.05, 0) is 42.8 Å². The second-order valence-electron chi connectivity index (χ2n) is 7.35. The maximum atomic E-state index is 13.0. The number of unbranched alkanes of at least 4 members (excludes halogenated alkanes) is 1. The van der Waals surface area contributed by atoms with Gasteiger partial charge in [0.25, 0.3) is 5.91 Å². The molecule has 0 fully saturated rings. The lowest BCUT2D eigenvalue weighted by atomic mass is 10.1. The minimum atomic E-state index is -1.09. The Bertz CT molecular complexity index is 1160. The van der Waals surface area contributed by atoms with E-state index in [0.29, 0.717) is 29.3 Å². The average molecular weight is 418 g/mol. The molecule has 0 saturated heterocycles. The smallest absolute Gasteiger partial charge is 0.335 e. The number of furan rings is 1. The molecule has 0 bridgehead atoms. The first-order chi connectivity index (χ1) is 15.0. The number of para-hydroxylation sites is 1. The molecule has 2 aromatic carbocycles. The van der Waals surface area contributed by atoms with Crippen molar-refractivity contribution in [2.75, 3.05) is 22.9 Å². The number of rotatable bonds is 6. The summed E-state index contributed by atoms with van der Waals surface area (Å²) in [5, 5.41) is 10.3. The zero-order valence-corrected chi connectivity index (χ0v) is 17.1. The Kier molecular flexibility index (Phi) is 5.58. The van der Waals surface area contributed by atoms with Crippen molar-refractivity contribution in [3.05, 3.63) is 65.9 Å². The van der Waals surface area contributed by atoms with E-state index in [1.807, 2.05) is 37.3 Å². The van der Waals surface area contributed by atoms with E-state index in [0.717, 1.165) is 18.2 Å². The lowest BCUT2D eigenvalue weighted by molar-refractivity contribution is -0.120. The summed E-state index contributed by atoms with van der Waals surface area (Å²) in [5.74, 6) is -1.20. The van der Waals surface area contributed by atoms with Crippen LogP contribution in [0.1, 0.15) is 35.9 Å². The molecular weight excluding hydrogens is 396 g/mol. The SMILES string of the molecule is CCCCN1C(=O)CN(C(=O)/C=C/c2cc3ccccc3o2)c2cc(C(=O)O)ccc21. The topological polar surface area (TPSA) is 91.1 Å². The van der Waals surface area contributed by atoms with Gasteiger partial charge in [0.2, 0.25) is 5.91 Å². The summed E-state index contributed by atoms with van der Waals surface area (Å²) in [4.78, 5) is 40.1. The standard InChI is InChI=1S/C24H22N2O5/c1-2-3-12-25-19-10-8-17(24(29)30)14-20(19)26(15-23(25)28)22(27)11-9-18-13-16-6-4-5-7-21(16)31-18/h4-11,13-14H,2-3,12,15H2,1H3,(H,29,30)/b11-9+. The van der Waals surface area contributed by atoms with Crippen molar-refractivity contribution >= 4 is 46.2 Å². The molecule has 2 heterocycles. The highest BCUT2D eigenvalue weighted by atomic mass is 16.4. The van der Waals surface area contributed by atoms with Gasteiger partial charge in [0, 0.05) is 18.0 Å². The van der Waals surface area contributed by atoms with Gasteiger partial charge < -0.3 is 14.4 Å². The first kappa shape index (κ1) is 20.4. The molecule has 0 unspecified atom stereocenters. The lowest BCUT2D eigenvalue weighted by Crippen LogP contribution is -2.48. The largest absolute Gasteiger partial charge is 0.478 e. The number of benzene rings is 2. The summed E-state index contributed by atoms with van der Waals surface area (Å²) < 4.78 is 5.70. The van der Waals surface area contributed by atoms with Gasteiger partial charge in [0.1, 0.15) is 17.9 Å². The lowest BCUT2D eigenvalue weighted by Gasteiger charge is -2.36. The summed E-state index contributed by atoms with van der Waals surface area (Å²) in [6.45, 7) is 2.40. The van der Waals surface area contributed by atoms with Crippen LogP contribution in [0.25, 0.3) is 17.0 Å². The van der Waals surface area contributed by atoms with Crippen LogP contribution >= 0.6 is 0 Å². The van der Waals surface area contributed by atoms with E-state index in [2.05, 4.69) is 0 Å². The van der Waals surface area contributed by atoms with Gasteiger partial charge in [-0.1, -0.05) is 31.5 Å². The minimum Gasteiger partial charge on any atom is -0.478 e. The number of carbonyl (C=O) groups is 3. The highest BCUT2D eigenvalue weighted by molar-refractivity contribution is 6.15. The molecule has 4 rings (SSSR count). The Morgan fingerprint density at radius 1 is 1.13 bits per heavy atom. The Labute approximate surface area is 179 Å². The van der Waals surface area contributed by atoms with E-state index in [9.17, 15) is 19.5 Å². The minimum absolute atomic E-state index is 0.0580. The van der Waals surface area contributed by atoms with Gasteiger partial charge >= 0.3 is 5.97 Å². The molecule has 1 aromatic heterocycles. The summed E-state index contributed by atoms with van der Waals surface area (Å²) in [6, 6.07) is 13.8. The molecule has 1 N–H and O–H groups in total.